The molecule has 2 fully saturated rings. The predicted molar refractivity (Wildman–Crippen MR) is 105 cm³/mol. The molecule has 0 bridgehead atoms. The molecule has 27 heavy (non-hydrogen) atoms. The van der Waals surface area contributed by atoms with Crippen molar-refractivity contribution >= 4 is 33.4 Å². The summed E-state index contributed by atoms with van der Waals surface area (Å²) >= 11 is 1.53. The molecule has 0 atom stereocenters. The number of rotatable bonds is 4. The van der Waals surface area contributed by atoms with Gasteiger partial charge in [0.05, 0.1) is 22.5 Å². The van der Waals surface area contributed by atoms with E-state index in [2.05, 4.69) is 10.00 Å². The van der Waals surface area contributed by atoms with Gasteiger partial charge in [0.15, 0.2) is 0 Å². The van der Waals surface area contributed by atoms with Crippen molar-refractivity contribution in [2.24, 2.45) is 5.92 Å². The third-order valence-corrected chi connectivity index (χ3v) is 7.25. The molecule has 2 heterocycles. The number of carboxylic acids is 1. The van der Waals surface area contributed by atoms with Crippen LogP contribution in [0.2, 0.25) is 0 Å². The van der Waals surface area contributed by atoms with Crippen molar-refractivity contribution in [3.8, 4) is 0 Å². The predicted octanol–water partition coefficient (Wildman–Crippen LogP) is 4.28. The van der Waals surface area contributed by atoms with E-state index in [-0.39, 0.29) is 17.9 Å². The molecule has 4 rings (SSSR count). The normalized spacial score (nSPS) is 24.2. The summed E-state index contributed by atoms with van der Waals surface area (Å²) in [5, 5.41) is 18.1. The average Bonchev–Trinajstić information content (AvgIpc) is 3.24. The summed E-state index contributed by atoms with van der Waals surface area (Å²) in [4.78, 5) is 25.7. The van der Waals surface area contributed by atoms with Gasteiger partial charge in [-0.25, -0.2) is 0 Å². The van der Waals surface area contributed by atoms with Gasteiger partial charge in [-0.1, -0.05) is 19.3 Å². The molecular weight excluding hydrogens is 362 g/mol. The molecule has 0 saturated heterocycles. The van der Waals surface area contributed by atoms with E-state index in [0.717, 1.165) is 33.6 Å². The number of carboxylic acid groups (broad SMARTS) is 1. The first-order valence-electron chi connectivity index (χ1n) is 10.0. The SMILES string of the molecule is Cc1nn(C2CCCCC2)c2sc(C(=O)N[C@H]3CC[C@H](C(=O)O)CC3)cc12. The molecule has 0 aliphatic heterocycles. The molecular formula is C20H27N3O3S. The topological polar surface area (TPSA) is 84.2 Å². The van der Waals surface area contributed by atoms with Gasteiger partial charge < -0.3 is 10.4 Å². The monoisotopic (exact) mass is 389 g/mol. The maximum Gasteiger partial charge on any atom is 0.306 e. The van der Waals surface area contributed by atoms with E-state index in [1.807, 2.05) is 13.0 Å². The largest absolute Gasteiger partial charge is 0.481 e. The number of nitrogens with zero attached hydrogens (tertiary/aromatic N) is 2. The molecule has 2 saturated carbocycles. The van der Waals surface area contributed by atoms with Crippen LogP contribution in [0.4, 0.5) is 0 Å². The van der Waals surface area contributed by atoms with Gasteiger partial charge in [-0.2, -0.15) is 5.10 Å². The van der Waals surface area contributed by atoms with Crippen molar-refractivity contribution in [1.82, 2.24) is 15.1 Å². The van der Waals surface area contributed by atoms with E-state index in [1.165, 1.54) is 43.4 Å². The molecule has 2 aromatic rings. The van der Waals surface area contributed by atoms with Crippen LogP contribution in [0.25, 0.3) is 10.2 Å². The van der Waals surface area contributed by atoms with Gasteiger partial charge in [-0.3, -0.25) is 14.3 Å². The number of aromatic nitrogens is 2. The Morgan fingerprint density at radius 2 is 1.85 bits per heavy atom. The van der Waals surface area contributed by atoms with Crippen LogP contribution in [0.5, 0.6) is 0 Å². The van der Waals surface area contributed by atoms with Gasteiger partial charge in [-0.05, 0) is 51.5 Å². The third-order valence-electron chi connectivity index (χ3n) is 6.12. The van der Waals surface area contributed by atoms with Crippen LogP contribution in [0.1, 0.15) is 79.2 Å². The minimum Gasteiger partial charge on any atom is -0.481 e. The van der Waals surface area contributed by atoms with Crippen molar-refractivity contribution in [1.29, 1.82) is 0 Å². The fraction of sp³-hybridized carbons (Fsp3) is 0.650. The van der Waals surface area contributed by atoms with Gasteiger partial charge in [-0.15, -0.1) is 11.3 Å². The van der Waals surface area contributed by atoms with E-state index >= 15 is 0 Å². The Bertz CT molecular complexity index is 842. The number of aliphatic carboxylic acids is 1. The fourth-order valence-corrected chi connectivity index (χ4v) is 5.63. The average molecular weight is 390 g/mol. The summed E-state index contributed by atoms with van der Waals surface area (Å²) in [6.45, 7) is 2.02. The Kier molecular flexibility index (Phi) is 5.21. The Morgan fingerprint density at radius 1 is 1.15 bits per heavy atom. The lowest BCUT2D eigenvalue weighted by Gasteiger charge is -2.26. The third kappa shape index (κ3) is 3.74. The van der Waals surface area contributed by atoms with Gasteiger partial charge in [0.25, 0.3) is 5.91 Å². The van der Waals surface area contributed by atoms with Crippen LogP contribution in [0.15, 0.2) is 6.07 Å². The number of carbonyl (C=O) groups excluding carboxylic acids is 1. The van der Waals surface area contributed by atoms with Crippen molar-refractivity contribution in [2.45, 2.75) is 76.8 Å². The van der Waals surface area contributed by atoms with Crippen LogP contribution in [-0.2, 0) is 4.79 Å². The molecule has 2 aromatic heterocycles. The molecule has 7 heteroatoms. The molecule has 6 nitrogen and oxygen atoms in total. The van der Waals surface area contributed by atoms with Crippen LogP contribution < -0.4 is 5.32 Å². The second kappa shape index (κ2) is 7.62. The Hall–Kier alpha value is -1.89. The number of fused-ring (bicyclic) bond motifs is 1. The summed E-state index contributed by atoms with van der Waals surface area (Å²) in [7, 11) is 0. The number of thiophene rings is 1. The molecule has 2 N–H and O–H groups in total. The van der Waals surface area contributed by atoms with E-state index in [4.69, 9.17) is 10.2 Å². The van der Waals surface area contributed by atoms with Gasteiger partial charge in [0.1, 0.15) is 4.83 Å². The van der Waals surface area contributed by atoms with Crippen LogP contribution in [0, 0.1) is 12.8 Å². The highest BCUT2D eigenvalue weighted by Crippen LogP contribution is 2.35. The number of hydrogen-bond acceptors (Lipinski definition) is 4. The zero-order chi connectivity index (χ0) is 19.0. The molecule has 2 aliphatic carbocycles. The number of carbonyl (C=O) groups is 2. The lowest BCUT2D eigenvalue weighted by atomic mass is 9.86. The lowest BCUT2D eigenvalue weighted by molar-refractivity contribution is -0.142. The summed E-state index contributed by atoms with van der Waals surface area (Å²) < 4.78 is 2.16. The van der Waals surface area contributed by atoms with E-state index in [1.54, 1.807) is 0 Å². The number of nitrogens with one attached hydrogen (secondary N) is 1. The van der Waals surface area contributed by atoms with Crippen molar-refractivity contribution in [3.05, 3.63) is 16.6 Å². The molecule has 1 amide bonds. The first-order chi connectivity index (χ1) is 13.0. The Labute approximate surface area is 162 Å². The zero-order valence-corrected chi connectivity index (χ0v) is 16.6. The minimum atomic E-state index is -0.716. The van der Waals surface area contributed by atoms with E-state index in [0.29, 0.717) is 18.9 Å². The molecule has 0 spiro atoms. The lowest BCUT2D eigenvalue weighted by Crippen LogP contribution is -2.38. The summed E-state index contributed by atoms with van der Waals surface area (Å²) in [6, 6.07) is 2.50. The first kappa shape index (κ1) is 18.5. The van der Waals surface area contributed by atoms with Crippen molar-refractivity contribution in [2.75, 3.05) is 0 Å². The second-order valence-electron chi connectivity index (χ2n) is 8.01. The smallest absolute Gasteiger partial charge is 0.306 e. The zero-order valence-electron chi connectivity index (χ0n) is 15.7. The highest BCUT2D eigenvalue weighted by Gasteiger charge is 2.28. The summed E-state index contributed by atoms with van der Waals surface area (Å²) in [6.07, 6.45) is 8.91. The Balaban J connectivity index is 1.47. The maximum absolute atomic E-state index is 12.7. The van der Waals surface area contributed by atoms with Crippen LogP contribution in [-0.4, -0.2) is 32.8 Å². The number of amides is 1. The van der Waals surface area contributed by atoms with Crippen molar-refractivity contribution in [3.63, 3.8) is 0 Å². The second-order valence-corrected chi connectivity index (χ2v) is 9.04. The number of hydrogen-bond donors (Lipinski definition) is 2. The Morgan fingerprint density at radius 3 is 2.52 bits per heavy atom. The highest BCUT2D eigenvalue weighted by molar-refractivity contribution is 7.20. The minimum absolute atomic E-state index is 0.0374. The van der Waals surface area contributed by atoms with Gasteiger partial charge in [0.2, 0.25) is 0 Å². The van der Waals surface area contributed by atoms with E-state index < -0.39 is 5.97 Å². The molecule has 0 radical (unpaired) electrons. The van der Waals surface area contributed by atoms with Crippen LogP contribution >= 0.6 is 11.3 Å². The first-order valence-corrected chi connectivity index (χ1v) is 10.9. The van der Waals surface area contributed by atoms with Gasteiger partial charge >= 0.3 is 5.97 Å². The van der Waals surface area contributed by atoms with Crippen LogP contribution in [0.3, 0.4) is 0 Å². The summed E-state index contributed by atoms with van der Waals surface area (Å²) in [5.41, 5.74) is 0.993. The molecule has 0 aromatic carbocycles. The molecule has 0 unspecified atom stereocenters. The molecule has 2 aliphatic rings. The standard InChI is InChI=1S/C20H27N3O3S/c1-12-16-11-17(18(24)21-14-9-7-13(8-10-14)20(25)26)27-19(16)23(22-12)15-5-3-2-4-6-15/h11,13-15H,2-10H2,1H3,(H,21,24)(H,25,26)/t13-,14-. The highest BCUT2D eigenvalue weighted by atomic mass is 32.1. The van der Waals surface area contributed by atoms with Crippen molar-refractivity contribution < 1.29 is 14.7 Å². The summed E-state index contributed by atoms with van der Waals surface area (Å²) in [5.74, 6) is -1.01. The van der Waals surface area contributed by atoms with E-state index in [9.17, 15) is 9.59 Å². The van der Waals surface area contributed by atoms with Gasteiger partial charge in [0, 0.05) is 11.4 Å². The maximum atomic E-state index is 12.7. The number of aryl methyl sites for hydroxylation is 1. The quantitative estimate of drug-likeness (QED) is 0.817. The molecule has 146 valence electrons. The fourth-order valence-electron chi connectivity index (χ4n) is 4.50.